The highest BCUT2D eigenvalue weighted by atomic mass is 16.5. The average molecular weight is 324 g/mol. The van der Waals surface area contributed by atoms with E-state index in [0.29, 0.717) is 31.9 Å². The lowest BCUT2D eigenvalue weighted by molar-refractivity contribution is -0.141. The van der Waals surface area contributed by atoms with Crippen LogP contribution in [0.3, 0.4) is 0 Å². The maximum atomic E-state index is 11.9. The van der Waals surface area contributed by atoms with Crippen LogP contribution in [0.15, 0.2) is 0 Å². The molecule has 2 heterocycles. The topological polar surface area (TPSA) is 75.7 Å². The minimum atomic E-state index is -0.167. The van der Waals surface area contributed by atoms with Crippen molar-refractivity contribution in [2.45, 2.75) is 46.0 Å². The molecule has 0 aliphatic carbocycles. The first-order valence-electron chi connectivity index (χ1n) is 8.69. The van der Waals surface area contributed by atoms with Gasteiger partial charge in [-0.2, -0.15) is 0 Å². The van der Waals surface area contributed by atoms with E-state index in [1.165, 1.54) is 0 Å². The van der Waals surface area contributed by atoms with Gasteiger partial charge in [-0.05, 0) is 31.6 Å². The van der Waals surface area contributed by atoms with Crippen LogP contribution in [0.4, 0.5) is 0 Å². The van der Waals surface area contributed by atoms with Crippen LogP contribution in [0.5, 0.6) is 0 Å². The van der Waals surface area contributed by atoms with Crippen LogP contribution in [-0.4, -0.2) is 48.9 Å². The fraction of sp³-hybridized carbons (Fsp3) is 0.824. The van der Waals surface area contributed by atoms with Gasteiger partial charge in [-0.3, -0.25) is 14.4 Å². The molecule has 2 saturated heterocycles. The van der Waals surface area contributed by atoms with E-state index >= 15 is 0 Å². The van der Waals surface area contributed by atoms with Crippen molar-refractivity contribution in [1.29, 1.82) is 0 Å². The molecule has 0 aromatic heterocycles. The third kappa shape index (κ3) is 5.22. The lowest BCUT2D eigenvalue weighted by atomic mass is 9.95. The SMILES string of the molecule is CC(C)C(=O)N1CCC(CNC(=O)CCC2CCOC2=O)CC1. The van der Waals surface area contributed by atoms with E-state index in [9.17, 15) is 14.4 Å². The molecule has 2 amide bonds. The van der Waals surface area contributed by atoms with E-state index in [0.717, 1.165) is 32.4 Å². The summed E-state index contributed by atoms with van der Waals surface area (Å²) in [5, 5.41) is 2.96. The van der Waals surface area contributed by atoms with Crippen molar-refractivity contribution >= 4 is 17.8 Å². The van der Waals surface area contributed by atoms with Crippen LogP contribution in [-0.2, 0) is 19.1 Å². The molecule has 0 aromatic carbocycles. The Bertz CT molecular complexity index is 442. The maximum Gasteiger partial charge on any atom is 0.309 e. The molecule has 2 aliphatic rings. The quantitative estimate of drug-likeness (QED) is 0.748. The summed E-state index contributed by atoms with van der Waals surface area (Å²) in [6, 6.07) is 0. The fourth-order valence-corrected chi connectivity index (χ4v) is 3.17. The van der Waals surface area contributed by atoms with Gasteiger partial charge in [0.15, 0.2) is 0 Å². The smallest absolute Gasteiger partial charge is 0.309 e. The van der Waals surface area contributed by atoms with E-state index in [-0.39, 0.29) is 29.6 Å². The Labute approximate surface area is 137 Å². The van der Waals surface area contributed by atoms with Crippen molar-refractivity contribution in [3.05, 3.63) is 0 Å². The van der Waals surface area contributed by atoms with Crippen molar-refractivity contribution in [2.24, 2.45) is 17.8 Å². The van der Waals surface area contributed by atoms with Gasteiger partial charge in [-0.15, -0.1) is 0 Å². The molecule has 0 bridgehead atoms. The molecule has 1 unspecified atom stereocenters. The van der Waals surface area contributed by atoms with E-state index in [2.05, 4.69) is 5.32 Å². The molecule has 0 saturated carbocycles. The molecule has 1 atom stereocenters. The molecule has 2 fully saturated rings. The summed E-state index contributed by atoms with van der Waals surface area (Å²) in [6.45, 7) is 6.57. The van der Waals surface area contributed by atoms with Crippen LogP contribution in [0.25, 0.3) is 0 Å². The Morgan fingerprint density at radius 3 is 2.52 bits per heavy atom. The number of hydrogen-bond donors (Lipinski definition) is 1. The summed E-state index contributed by atoms with van der Waals surface area (Å²) >= 11 is 0. The molecule has 130 valence electrons. The Kier molecular flexibility index (Phi) is 6.42. The van der Waals surface area contributed by atoms with Gasteiger partial charge in [-0.25, -0.2) is 0 Å². The highest BCUT2D eigenvalue weighted by Crippen LogP contribution is 2.20. The Balaban J connectivity index is 1.60. The van der Waals surface area contributed by atoms with E-state index in [1.54, 1.807) is 0 Å². The van der Waals surface area contributed by atoms with Crippen LogP contribution < -0.4 is 5.32 Å². The monoisotopic (exact) mass is 324 g/mol. The van der Waals surface area contributed by atoms with Gasteiger partial charge >= 0.3 is 5.97 Å². The summed E-state index contributed by atoms with van der Waals surface area (Å²) in [6.07, 6.45) is 3.56. The van der Waals surface area contributed by atoms with Crippen molar-refractivity contribution in [1.82, 2.24) is 10.2 Å². The average Bonchev–Trinajstić information content (AvgIpc) is 2.95. The summed E-state index contributed by atoms with van der Waals surface area (Å²) in [5.41, 5.74) is 0. The Morgan fingerprint density at radius 1 is 1.26 bits per heavy atom. The van der Waals surface area contributed by atoms with Crippen LogP contribution in [0, 0.1) is 17.8 Å². The standard InChI is InChI=1S/C17H28N2O4/c1-12(2)16(21)19-8-5-13(6-9-19)11-18-15(20)4-3-14-7-10-23-17(14)22/h12-14H,3-11H2,1-2H3,(H,18,20). The van der Waals surface area contributed by atoms with Gasteiger partial charge in [0.05, 0.1) is 12.5 Å². The van der Waals surface area contributed by atoms with Crippen molar-refractivity contribution in [3.8, 4) is 0 Å². The number of rotatable bonds is 6. The largest absolute Gasteiger partial charge is 0.465 e. The summed E-state index contributed by atoms with van der Waals surface area (Å²) in [7, 11) is 0. The van der Waals surface area contributed by atoms with Gasteiger partial charge in [-0.1, -0.05) is 13.8 Å². The van der Waals surface area contributed by atoms with Crippen molar-refractivity contribution in [3.63, 3.8) is 0 Å². The number of likely N-dealkylation sites (tertiary alicyclic amines) is 1. The molecule has 0 aromatic rings. The first-order valence-corrected chi connectivity index (χ1v) is 8.69. The van der Waals surface area contributed by atoms with Crippen LogP contribution in [0.1, 0.15) is 46.0 Å². The molecular weight excluding hydrogens is 296 g/mol. The molecule has 0 radical (unpaired) electrons. The van der Waals surface area contributed by atoms with Crippen molar-refractivity contribution in [2.75, 3.05) is 26.2 Å². The van der Waals surface area contributed by atoms with Crippen LogP contribution >= 0.6 is 0 Å². The number of ether oxygens (including phenoxy) is 1. The van der Waals surface area contributed by atoms with Crippen molar-refractivity contribution < 1.29 is 19.1 Å². The zero-order valence-electron chi connectivity index (χ0n) is 14.2. The zero-order valence-corrected chi connectivity index (χ0v) is 14.2. The Morgan fingerprint density at radius 2 is 1.96 bits per heavy atom. The number of esters is 1. The van der Waals surface area contributed by atoms with Gasteiger partial charge in [0.1, 0.15) is 0 Å². The molecule has 1 N–H and O–H groups in total. The van der Waals surface area contributed by atoms with Gasteiger partial charge in [0.2, 0.25) is 11.8 Å². The Hall–Kier alpha value is -1.59. The number of carbonyl (C=O) groups is 3. The number of piperidine rings is 1. The zero-order chi connectivity index (χ0) is 16.8. The second-order valence-corrected chi connectivity index (χ2v) is 6.92. The second kappa shape index (κ2) is 8.31. The van der Waals surface area contributed by atoms with E-state index < -0.39 is 0 Å². The minimum absolute atomic E-state index is 0.00499. The lowest BCUT2D eigenvalue weighted by Crippen LogP contribution is -2.43. The second-order valence-electron chi connectivity index (χ2n) is 6.92. The highest BCUT2D eigenvalue weighted by molar-refractivity contribution is 5.79. The summed E-state index contributed by atoms with van der Waals surface area (Å²) < 4.78 is 4.90. The van der Waals surface area contributed by atoms with Gasteiger partial charge in [0, 0.05) is 32.0 Å². The molecule has 0 spiro atoms. The van der Waals surface area contributed by atoms with Gasteiger partial charge < -0.3 is 15.0 Å². The third-order valence-electron chi connectivity index (χ3n) is 4.77. The van der Waals surface area contributed by atoms with Gasteiger partial charge in [0.25, 0.3) is 0 Å². The number of nitrogens with zero attached hydrogens (tertiary/aromatic N) is 1. The normalized spacial score (nSPS) is 22.3. The van der Waals surface area contributed by atoms with E-state index in [4.69, 9.17) is 4.74 Å². The predicted molar refractivity (Wildman–Crippen MR) is 85.5 cm³/mol. The minimum Gasteiger partial charge on any atom is -0.465 e. The van der Waals surface area contributed by atoms with E-state index in [1.807, 2.05) is 18.7 Å². The number of nitrogens with one attached hydrogen (secondary N) is 1. The summed E-state index contributed by atoms with van der Waals surface area (Å²) in [5.74, 6) is 0.437. The lowest BCUT2D eigenvalue weighted by Gasteiger charge is -2.33. The summed E-state index contributed by atoms with van der Waals surface area (Å²) in [4.78, 5) is 37.1. The molecule has 23 heavy (non-hydrogen) atoms. The van der Waals surface area contributed by atoms with Crippen LogP contribution in [0.2, 0.25) is 0 Å². The number of cyclic esters (lactones) is 1. The molecule has 2 aliphatic heterocycles. The molecule has 6 nitrogen and oxygen atoms in total. The molecule has 2 rings (SSSR count). The third-order valence-corrected chi connectivity index (χ3v) is 4.77. The number of carbonyl (C=O) groups excluding carboxylic acids is 3. The molecule has 6 heteroatoms. The molecular formula is C17H28N2O4. The first kappa shape index (κ1) is 17.8. The maximum absolute atomic E-state index is 11.9. The number of hydrogen-bond acceptors (Lipinski definition) is 4. The predicted octanol–water partition coefficient (Wildman–Crippen LogP) is 1.34. The fourth-order valence-electron chi connectivity index (χ4n) is 3.17. The number of amides is 2. The first-order chi connectivity index (χ1) is 11.0. The highest BCUT2D eigenvalue weighted by Gasteiger charge is 2.27.